The van der Waals surface area contributed by atoms with Gasteiger partial charge in [0.05, 0.1) is 0 Å². The minimum Gasteiger partial charge on any atom is -0.0922 e. The first-order valence-corrected chi connectivity index (χ1v) is 6.89. The first-order chi connectivity index (χ1) is 7.02. The smallest absolute Gasteiger partial charge is 0.0453 e. The maximum absolute atomic E-state index is 6.15. The molecular weight excluding hydrogens is 295 g/mol. The Bertz CT molecular complexity index is 312. The molecule has 15 heavy (non-hydrogen) atoms. The monoisotopic (exact) mass is 308 g/mol. The van der Waals surface area contributed by atoms with Crippen molar-refractivity contribution >= 4 is 39.1 Å². The summed E-state index contributed by atoms with van der Waals surface area (Å²) in [6, 6.07) is 5.67. The highest BCUT2D eigenvalue weighted by atomic mass is 79.9. The largest absolute Gasteiger partial charge is 0.0922 e. The molecule has 1 rings (SSSR count). The van der Waals surface area contributed by atoms with Crippen molar-refractivity contribution in [2.75, 3.05) is 5.33 Å². The summed E-state index contributed by atoms with van der Waals surface area (Å²) in [5.74, 6) is 0. The molecule has 0 bridgehead atoms. The molecule has 0 heterocycles. The van der Waals surface area contributed by atoms with Gasteiger partial charge in [-0.3, -0.25) is 0 Å². The van der Waals surface area contributed by atoms with Crippen LogP contribution in [0.25, 0.3) is 0 Å². The van der Waals surface area contributed by atoms with Gasteiger partial charge in [0.15, 0.2) is 0 Å². The second-order valence-corrected chi connectivity index (χ2v) is 5.55. The van der Waals surface area contributed by atoms with Crippen LogP contribution in [0, 0.1) is 5.41 Å². The highest BCUT2D eigenvalue weighted by molar-refractivity contribution is 9.09. The first kappa shape index (κ1) is 13.3. The van der Waals surface area contributed by atoms with Crippen molar-refractivity contribution in [1.29, 1.82) is 0 Å². The molecule has 0 spiro atoms. The fraction of sp³-hybridized carbons (Fsp3) is 0.500. The zero-order valence-electron chi connectivity index (χ0n) is 8.99. The molecule has 0 amide bonds. The number of halogens is 3. The van der Waals surface area contributed by atoms with E-state index in [0.29, 0.717) is 0 Å². The lowest BCUT2D eigenvalue weighted by atomic mass is 9.83. The van der Waals surface area contributed by atoms with Crippen LogP contribution < -0.4 is 0 Å². The quantitative estimate of drug-likeness (QED) is 0.658. The van der Waals surface area contributed by atoms with Gasteiger partial charge < -0.3 is 0 Å². The summed E-state index contributed by atoms with van der Waals surface area (Å²) in [7, 11) is 0. The lowest BCUT2D eigenvalue weighted by Crippen LogP contribution is -2.20. The Hall–Kier alpha value is 0.280. The Morgan fingerprint density at radius 3 is 2.20 bits per heavy atom. The van der Waals surface area contributed by atoms with Crippen LogP contribution in [0.15, 0.2) is 18.2 Å². The molecule has 0 aromatic heterocycles. The van der Waals surface area contributed by atoms with Crippen LogP contribution >= 0.6 is 39.1 Å². The van der Waals surface area contributed by atoms with Crippen LogP contribution in [0.5, 0.6) is 0 Å². The lowest BCUT2D eigenvalue weighted by Gasteiger charge is -2.26. The minimum absolute atomic E-state index is 0.217. The Labute approximate surface area is 110 Å². The summed E-state index contributed by atoms with van der Waals surface area (Å²) in [5, 5.41) is 2.49. The fourth-order valence-electron chi connectivity index (χ4n) is 1.39. The highest BCUT2D eigenvalue weighted by Gasteiger charge is 2.23. The van der Waals surface area contributed by atoms with E-state index in [-0.39, 0.29) is 5.41 Å². The second kappa shape index (κ2) is 5.56. The number of hydrogen-bond acceptors (Lipinski definition) is 0. The number of hydrogen-bond donors (Lipinski definition) is 0. The van der Waals surface area contributed by atoms with E-state index in [9.17, 15) is 0 Å². The maximum Gasteiger partial charge on any atom is 0.0453 e. The normalized spacial score (nSPS) is 15.0. The summed E-state index contributed by atoms with van der Waals surface area (Å²) in [5.41, 5.74) is 1.28. The summed E-state index contributed by atoms with van der Waals surface area (Å²) in [6.07, 6.45) is 2.01. The fourth-order valence-corrected chi connectivity index (χ4v) is 2.52. The van der Waals surface area contributed by atoms with Crippen LogP contribution in [-0.4, -0.2) is 5.33 Å². The molecule has 0 saturated heterocycles. The third-order valence-electron chi connectivity index (χ3n) is 2.84. The average Bonchev–Trinajstić information content (AvgIpc) is 2.23. The van der Waals surface area contributed by atoms with E-state index in [2.05, 4.69) is 29.8 Å². The van der Waals surface area contributed by atoms with Gasteiger partial charge in [-0.1, -0.05) is 59.0 Å². The third-order valence-corrected chi connectivity index (χ3v) is 4.90. The van der Waals surface area contributed by atoms with E-state index in [0.717, 1.165) is 33.8 Å². The SMILES string of the molecule is CCC(C)(CBr)Cc1c(Cl)cccc1Cl. The van der Waals surface area contributed by atoms with Crippen molar-refractivity contribution in [2.45, 2.75) is 26.7 Å². The van der Waals surface area contributed by atoms with E-state index in [1.165, 1.54) is 0 Å². The molecule has 0 fully saturated rings. The molecule has 1 atom stereocenters. The van der Waals surface area contributed by atoms with Crippen molar-refractivity contribution < 1.29 is 0 Å². The highest BCUT2D eigenvalue weighted by Crippen LogP contribution is 2.34. The Morgan fingerprint density at radius 2 is 1.80 bits per heavy atom. The molecule has 0 aliphatic heterocycles. The molecule has 0 N–H and O–H groups in total. The van der Waals surface area contributed by atoms with Gasteiger partial charge in [0.2, 0.25) is 0 Å². The van der Waals surface area contributed by atoms with Crippen molar-refractivity contribution in [1.82, 2.24) is 0 Å². The van der Waals surface area contributed by atoms with Crippen LogP contribution in [0.2, 0.25) is 10.0 Å². The maximum atomic E-state index is 6.15. The van der Waals surface area contributed by atoms with Gasteiger partial charge in [-0.2, -0.15) is 0 Å². The molecule has 0 aliphatic carbocycles. The van der Waals surface area contributed by atoms with Crippen molar-refractivity contribution in [2.24, 2.45) is 5.41 Å². The van der Waals surface area contributed by atoms with E-state index < -0.39 is 0 Å². The molecule has 0 aliphatic rings. The summed E-state index contributed by atoms with van der Waals surface area (Å²) in [4.78, 5) is 0. The van der Waals surface area contributed by atoms with E-state index in [1.54, 1.807) is 0 Å². The van der Waals surface area contributed by atoms with Crippen molar-refractivity contribution in [3.05, 3.63) is 33.8 Å². The zero-order chi connectivity index (χ0) is 11.5. The van der Waals surface area contributed by atoms with Crippen LogP contribution in [-0.2, 0) is 6.42 Å². The predicted molar refractivity (Wildman–Crippen MR) is 72.4 cm³/mol. The molecule has 3 heteroatoms. The average molecular weight is 310 g/mol. The van der Waals surface area contributed by atoms with Crippen molar-refractivity contribution in [3.8, 4) is 0 Å². The van der Waals surface area contributed by atoms with Gasteiger partial charge in [0.25, 0.3) is 0 Å². The second-order valence-electron chi connectivity index (χ2n) is 4.17. The lowest BCUT2D eigenvalue weighted by molar-refractivity contribution is 0.361. The van der Waals surface area contributed by atoms with E-state index in [4.69, 9.17) is 23.2 Å². The third kappa shape index (κ3) is 3.37. The summed E-state index contributed by atoms with van der Waals surface area (Å²) >= 11 is 15.9. The van der Waals surface area contributed by atoms with Gasteiger partial charge in [0, 0.05) is 15.4 Å². The molecule has 0 radical (unpaired) electrons. The van der Waals surface area contributed by atoms with Crippen molar-refractivity contribution in [3.63, 3.8) is 0 Å². The number of benzene rings is 1. The van der Waals surface area contributed by atoms with Gasteiger partial charge in [0.1, 0.15) is 0 Å². The van der Waals surface area contributed by atoms with Gasteiger partial charge in [-0.25, -0.2) is 0 Å². The van der Waals surface area contributed by atoms with Gasteiger partial charge in [-0.05, 0) is 36.0 Å². The van der Waals surface area contributed by atoms with Gasteiger partial charge >= 0.3 is 0 Å². The molecule has 84 valence electrons. The summed E-state index contributed by atoms with van der Waals surface area (Å²) < 4.78 is 0. The molecule has 1 aromatic carbocycles. The molecule has 0 nitrogen and oxygen atoms in total. The summed E-state index contributed by atoms with van der Waals surface area (Å²) in [6.45, 7) is 4.42. The van der Waals surface area contributed by atoms with Crippen LogP contribution in [0.4, 0.5) is 0 Å². The van der Waals surface area contributed by atoms with E-state index >= 15 is 0 Å². The molecule has 1 aromatic rings. The Morgan fingerprint density at radius 1 is 1.27 bits per heavy atom. The Kier molecular flexibility index (Phi) is 4.95. The first-order valence-electron chi connectivity index (χ1n) is 5.01. The molecular formula is C12H15BrCl2. The van der Waals surface area contributed by atoms with E-state index in [1.807, 2.05) is 18.2 Å². The minimum atomic E-state index is 0.217. The molecule has 1 unspecified atom stereocenters. The topological polar surface area (TPSA) is 0 Å². The molecule has 0 saturated carbocycles. The Balaban J connectivity index is 2.98. The van der Waals surface area contributed by atoms with Crippen LogP contribution in [0.3, 0.4) is 0 Å². The predicted octanol–water partition coefficient (Wildman–Crippen LogP) is 5.35. The number of rotatable bonds is 4. The number of alkyl halides is 1. The zero-order valence-corrected chi connectivity index (χ0v) is 12.1. The van der Waals surface area contributed by atoms with Gasteiger partial charge in [-0.15, -0.1) is 0 Å². The van der Waals surface area contributed by atoms with Crippen LogP contribution in [0.1, 0.15) is 25.8 Å². The standard InChI is InChI=1S/C12H15BrCl2/c1-3-12(2,8-13)7-9-10(14)5-4-6-11(9)15/h4-6H,3,7-8H2,1-2H3.